The molecule has 1 saturated heterocycles. The van der Waals surface area contributed by atoms with Gasteiger partial charge in [-0.05, 0) is 32.2 Å². The van der Waals surface area contributed by atoms with Gasteiger partial charge >= 0.3 is 0 Å². The topological polar surface area (TPSA) is 64.2 Å². The number of amides is 1. The Labute approximate surface area is 127 Å². The molecule has 1 atom stereocenters. The van der Waals surface area contributed by atoms with Crippen molar-refractivity contribution in [3.05, 3.63) is 18.2 Å². The Morgan fingerprint density at radius 2 is 2.19 bits per heavy atom. The van der Waals surface area contributed by atoms with Crippen molar-refractivity contribution in [2.45, 2.75) is 52.0 Å². The van der Waals surface area contributed by atoms with Crippen LogP contribution in [0.3, 0.4) is 0 Å². The number of rotatable bonds is 7. The maximum absolute atomic E-state index is 11.3. The van der Waals surface area contributed by atoms with Crippen molar-refractivity contribution in [1.82, 2.24) is 14.5 Å². The van der Waals surface area contributed by atoms with Gasteiger partial charge in [-0.25, -0.2) is 4.98 Å². The van der Waals surface area contributed by atoms with Crippen molar-refractivity contribution in [1.29, 1.82) is 0 Å². The fourth-order valence-electron chi connectivity index (χ4n) is 3.26. The molecule has 2 heterocycles. The van der Waals surface area contributed by atoms with Crippen LogP contribution in [0.25, 0.3) is 0 Å². The fourth-order valence-corrected chi connectivity index (χ4v) is 3.26. The van der Waals surface area contributed by atoms with Gasteiger partial charge in [0, 0.05) is 37.9 Å². The molecule has 1 aromatic heterocycles. The van der Waals surface area contributed by atoms with Gasteiger partial charge in [-0.2, -0.15) is 0 Å². The van der Waals surface area contributed by atoms with Gasteiger partial charge in [0.05, 0.1) is 5.92 Å². The molecule has 1 aliphatic heterocycles. The molecule has 1 aromatic rings. The maximum Gasteiger partial charge on any atom is 0.221 e. The first-order valence-electron chi connectivity index (χ1n) is 8.18. The van der Waals surface area contributed by atoms with E-state index in [2.05, 4.69) is 34.5 Å². The molecule has 2 rings (SSSR count). The van der Waals surface area contributed by atoms with Crippen molar-refractivity contribution in [3.8, 4) is 0 Å². The summed E-state index contributed by atoms with van der Waals surface area (Å²) >= 11 is 0. The van der Waals surface area contributed by atoms with Gasteiger partial charge in [0.2, 0.25) is 5.91 Å². The second kappa shape index (κ2) is 7.59. The Kier molecular flexibility index (Phi) is 5.79. The second-order valence-electron chi connectivity index (χ2n) is 6.03. The lowest BCUT2D eigenvalue weighted by atomic mass is 9.97. The Morgan fingerprint density at radius 3 is 2.86 bits per heavy atom. The van der Waals surface area contributed by atoms with E-state index in [0.717, 1.165) is 51.9 Å². The molecule has 5 nitrogen and oxygen atoms in total. The highest BCUT2D eigenvalue weighted by Crippen LogP contribution is 2.21. The molecule has 0 spiro atoms. The van der Waals surface area contributed by atoms with Crippen molar-refractivity contribution < 1.29 is 4.79 Å². The number of likely N-dealkylation sites (tertiary alicyclic amines) is 1. The van der Waals surface area contributed by atoms with Gasteiger partial charge in [0.25, 0.3) is 0 Å². The average molecular weight is 292 g/mol. The molecule has 1 amide bonds. The van der Waals surface area contributed by atoms with E-state index in [1.807, 2.05) is 6.20 Å². The van der Waals surface area contributed by atoms with Crippen LogP contribution in [0.1, 0.15) is 51.3 Å². The predicted molar refractivity (Wildman–Crippen MR) is 83.9 cm³/mol. The molecule has 118 valence electrons. The van der Waals surface area contributed by atoms with Crippen molar-refractivity contribution in [2.75, 3.05) is 19.6 Å². The van der Waals surface area contributed by atoms with Crippen molar-refractivity contribution in [3.63, 3.8) is 0 Å². The zero-order valence-corrected chi connectivity index (χ0v) is 13.3. The van der Waals surface area contributed by atoms with Crippen LogP contribution in [-0.4, -0.2) is 40.0 Å². The van der Waals surface area contributed by atoms with E-state index in [9.17, 15) is 4.79 Å². The largest absolute Gasteiger partial charge is 0.369 e. The summed E-state index contributed by atoms with van der Waals surface area (Å²) in [5.41, 5.74) is 5.44. The summed E-state index contributed by atoms with van der Waals surface area (Å²) in [6, 6.07) is 0. The SMILES string of the molecule is CCC(CC)c1nccn1CCN1CCC[C@@H](C(N)=O)C1. The molecule has 0 saturated carbocycles. The molecule has 0 aliphatic carbocycles. The van der Waals surface area contributed by atoms with E-state index < -0.39 is 0 Å². The summed E-state index contributed by atoms with van der Waals surface area (Å²) in [6.07, 6.45) is 8.23. The third-order valence-electron chi connectivity index (χ3n) is 4.66. The molecule has 0 unspecified atom stereocenters. The van der Waals surface area contributed by atoms with Crippen LogP contribution in [-0.2, 0) is 11.3 Å². The first-order chi connectivity index (χ1) is 10.2. The van der Waals surface area contributed by atoms with E-state index in [-0.39, 0.29) is 11.8 Å². The van der Waals surface area contributed by atoms with Crippen LogP contribution in [0.5, 0.6) is 0 Å². The normalized spacial score (nSPS) is 20.0. The molecular weight excluding hydrogens is 264 g/mol. The minimum atomic E-state index is -0.153. The fraction of sp³-hybridized carbons (Fsp3) is 0.750. The number of piperidine rings is 1. The van der Waals surface area contributed by atoms with E-state index >= 15 is 0 Å². The molecule has 1 fully saturated rings. The van der Waals surface area contributed by atoms with Crippen molar-refractivity contribution in [2.24, 2.45) is 11.7 Å². The number of primary amides is 1. The predicted octanol–water partition coefficient (Wildman–Crippen LogP) is 1.98. The summed E-state index contributed by atoms with van der Waals surface area (Å²) in [5, 5.41) is 0. The molecule has 0 radical (unpaired) electrons. The quantitative estimate of drug-likeness (QED) is 0.836. The highest BCUT2D eigenvalue weighted by atomic mass is 16.1. The van der Waals surface area contributed by atoms with E-state index in [1.54, 1.807) is 0 Å². The maximum atomic E-state index is 11.3. The van der Waals surface area contributed by atoms with Gasteiger partial charge in [-0.1, -0.05) is 13.8 Å². The standard InChI is InChI=1S/C16H28N4O/c1-3-13(4-2)16-18-7-9-20(16)11-10-19-8-5-6-14(12-19)15(17)21/h7,9,13-14H,3-6,8,10-12H2,1-2H3,(H2,17,21)/t14-/m1/s1. The Hall–Kier alpha value is -1.36. The van der Waals surface area contributed by atoms with Crippen LogP contribution in [0.15, 0.2) is 12.4 Å². The minimum Gasteiger partial charge on any atom is -0.369 e. The molecular formula is C16H28N4O. The zero-order chi connectivity index (χ0) is 15.2. The molecule has 0 bridgehead atoms. The van der Waals surface area contributed by atoms with Crippen LogP contribution in [0.4, 0.5) is 0 Å². The number of hydrogen-bond donors (Lipinski definition) is 1. The molecule has 1 aliphatic rings. The Bertz CT molecular complexity index is 453. The number of hydrogen-bond acceptors (Lipinski definition) is 3. The van der Waals surface area contributed by atoms with Gasteiger partial charge < -0.3 is 15.2 Å². The monoisotopic (exact) mass is 292 g/mol. The first kappa shape index (κ1) is 16.0. The highest BCUT2D eigenvalue weighted by Gasteiger charge is 2.23. The lowest BCUT2D eigenvalue weighted by Gasteiger charge is -2.31. The number of imidazole rings is 1. The smallest absolute Gasteiger partial charge is 0.221 e. The third-order valence-corrected chi connectivity index (χ3v) is 4.66. The minimum absolute atomic E-state index is 0.0278. The van der Waals surface area contributed by atoms with Crippen LogP contribution < -0.4 is 5.73 Å². The van der Waals surface area contributed by atoms with Gasteiger partial charge in [0.15, 0.2) is 0 Å². The number of nitrogens with two attached hydrogens (primary N) is 1. The second-order valence-corrected chi connectivity index (χ2v) is 6.03. The summed E-state index contributed by atoms with van der Waals surface area (Å²) in [6.45, 7) is 8.22. The summed E-state index contributed by atoms with van der Waals surface area (Å²) in [4.78, 5) is 18.2. The molecule has 2 N–H and O–H groups in total. The third kappa shape index (κ3) is 4.06. The molecule has 0 aromatic carbocycles. The summed E-state index contributed by atoms with van der Waals surface area (Å²) in [5.74, 6) is 1.61. The van der Waals surface area contributed by atoms with E-state index in [4.69, 9.17) is 5.73 Å². The first-order valence-corrected chi connectivity index (χ1v) is 8.18. The van der Waals surface area contributed by atoms with Crippen LogP contribution >= 0.6 is 0 Å². The molecule has 5 heteroatoms. The average Bonchev–Trinajstić information content (AvgIpc) is 2.95. The summed E-state index contributed by atoms with van der Waals surface area (Å²) in [7, 11) is 0. The van der Waals surface area contributed by atoms with Gasteiger partial charge in [-0.15, -0.1) is 0 Å². The Morgan fingerprint density at radius 1 is 1.43 bits per heavy atom. The van der Waals surface area contributed by atoms with Gasteiger partial charge in [0.1, 0.15) is 5.82 Å². The number of aromatic nitrogens is 2. The van der Waals surface area contributed by atoms with E-state index in [1.165, 1.54) is 5.82 Å². The number of carbonyl (C=O) groups is 1. The molecule has 21 heavy (non-hydrogen) atoms. The van der Waals surface area contributed by atoms with E-state index in [0.29, 0.717) is 5.92 Å². The number of nitrogens with zero attached hydrogens (tertiary/aromatic N) is 3. The van der Waals surface area contributed by atoms with Gasteiger partial charge in [-0.3, -0.25) is 4.79 Å². The van der Waals surface area contributed by atoms with Crippen molar-refractivity contribution >= 4 is 5.91 Å². The zero-order valence-electron chi connectivity index (χ0n) is 13.3. The highest BCUT2D eigenvalue weighted by molar-refractivity contribution is 5.76. The lowest BCUT2D eigenvalue weighted by Crippen LogP contribution is -2.42. The number of carbonyl (C=O) groups excluding carboxylic acids is 1. The Balaban J connectivity index is 1.91. The van der Waals surface area contributed by atoms with Crippen LogP contribution in [0, 0.1) is 5.92 Å². The van der Waals surface area contributed by atoms with Crippen LogP contribution in [0.2, 0.25) is 0 Å². The summed E-state index contributed by atoms with van der Waals surface area (Å²) < 4.78 is 2.27. The lowest BCUT2D eigenvalue weighted by molar-refractivity contribution is -0.123.